The molecule has 0 aromatic heterocycles. The van der Waals surface area contributed by atoms with Crippen LogP contribution in [0.3, 0.4) is 0 Å². The van der Waals surface area contributed by atoms with E-state index >= 15 is 0 Å². The molecule has 3 unspecified atom stereocenters. The van der Waals surface area contributed by atoms with Crippen molar-refractivity contribution in [3.63, 3.8) is 0 Å². The molecule has 0 amide bonds. The summed E-state index contributed by atoms with van der Waals surface area (Å²) >= 11 is 1.87. The summed E-state index contributed by atoms with van der Waals surface area (Å²) in [6.07, 6.45) is 4.18. The largest absolute Gasteiger partial charge is 0.362 e. The second-order valence-electron chi connectivity index (χ2n) is 4.79. The molecule has 1 N–H and O–H groups in total. The van der Waals surface area contributed by atoms with Crippen LogP contribution in [0.5, 0.6) is 0 Å². The Morgan fingerprint density at radius 1 is 1.43 bits per heavy atom. The second kappa shape index (κ2) is 4.56. The SMILES string of the molecule is CC1CCC(CN=C2NC(C)CS2)C1. The quantitative estimate of drug-likeness (QED) is 0.760. The van der Waals surface area contributed by atoms with Crippen LogP contribution in [-0.2, 0) is 0 Å². The highest BCUT2D eigenvalue weighted by atomic mass is 32.2. The van der Waals surface area contributed by atoms with E-state index in [1.54, 1.807) is 0 Å². The molecule has 0 bridgehead atoms. The number of thioether (sulfide) groups is 1. The molecule has 3 atom stereocenters. The average molecular weight is 212 g/mol. The molecule has 0 spiro atoms. The minimum Gasteiger partial charge on any atom is -0.362 e. The molecule has 2 aliphatic rings. The fourth-order valence-electron chi connectivity index (χ4n) is 2.29. The Morgan fingerprint density at radius 3 is 2.86 bits per heavy atom. The van der Waals surface area contributed by atoms with Gasteiger partial charge in [0.25, 0.3) is 0 Å². The lowest BCUT2D eigenvalue weighted by Crippen LogP contribution is -2.23. The van der Waals surface area contributed by atoms with Crippen LogP contribution in [0.4, 0.5) is 0 Å². The Labute approximate surface area is 90.9 Å². The van der Waals surface area contributed by atoms with E-state index in [4.69, 9.17) is 0 Å². The number of nitrogens with zero attached hydrogens (tertiary/aromatic N) is 1. The van der Waals surface area contributed by atoms with Gasteiger partial charge in [0.15, 0.2) is 5.17 Å². The molecule has 2 nitrogen and oxygen atoms in total. The van der Waals surface area contributed by atoms with Gasteiger partial charge >= 0.3 is 0 Å². The maximum absolute atomic E-state index is 4.66. The minimum absolute atomic E-state index is 0.612. The first kappa shape index (κ1) is 10.3. The first-order chi connectivity index (χ1) is 6.74. The lowest BCUT2D eigenvalue weighted by atomic mass is 10.1. The molecule has 2 fully saturated rings. The highest BCUT2D eigenvalue weighted by molar-refractivity contribution is 8.14. The predicted molar refractivity (Wildman–Crippen MR) is 63.9 cm³/mol. The third-order valence-corrected chi connectivity index (χ3v) is 4.32. The summed E-state index contributed by atoms with van der Waals surface area (Å²) in [5, 5.41) is 4.58. The van der Waals surface area contributed by atoms with Crippen molar-refractivity contribution in [2.45, 2.75) is 39.2 Å². The van der Waals surface area contributed by atoms with Crippen LogP contribution in [0.2, 0.25) is 0 Å². The van der Waals surface area contributed by atoms with Gasteiger partial charge in [-0.3, -0.25) is 4.99 Å². The van der Waals surface area contributed by atoms with Gasteiger partial charge in [0.2, 0.25) is 0 Å². The van der Waals surface area contributed by atoms with Crippen LogP contribution in [0.1, 0.15) is 33.1 Å². The molecular weight excluding hydrogens is 192 g/mol. The Bertz CT molecular complexity index is 227. The van der Waals surface area contributed by atoms with Gasteiger partial charge in [0.1, 0.15) is 0 Å². The smallest absolute Gasteiger partial charge is 0.156 e. The van der Waals surface area contributed by atoms with E-state index in [9.17, 15) is 0 Å². The molecule has 0 radical (unpaired) electrons. The first-order valence-electron chi connectivity index (χ1n) is 5.68. The topological polar surface area (TPSA) is 24.4 Å². The molecule has 3 heteroatoms. The van der Waals surface area contributed by atoms with Crippen molar-refractivity contribution < 1.29 is 0 Å². The third kappa shape index (κ3) is 2.66. The van der Waals surface area contributed by atoms with Crippen molar-refractivity contribution in [1.29, 1.82) is 0 Å². The Kier molecular flexibility index (Phi) is 3.37. The third-order valence-electron chi connectivity index (χ3n) is 3.14. The summed E-state index contributed by atoms with van der Waals surface area (Å²) in [7, 11) is 0. The van der Waals surface area contributed by atoms with E-state index in [1.165, 1.54) is 30.2 Å². The molecular formula is C11H20N2S. The van der Waals surface area contributed by atoms with Gasteiger partial charge in [0, 0.05) is 18.3 Å². The number of hydrogen-bond donors (Lipinski definition) is 1. The zero-order valence-corrected chi connectivity index (χ0v) is 9.94. The summed E-state index contributed by atoms with van der Waals surface area (Å²) in [5.74, 6) is 2.97. The predicted octanol–water partition coefficient (Wildman–Crippen LogP) is 2.50. The number of nitrogens with one attached hydrogen (secondary N) is 1. The number of rotatable bonds is 2. The van der Waals surface area contributed by atoms with E-state index < -0.39 is 0 Å². The van der Waals surface area contributed by atoms with Gasteiger partial charge in [-0.15, -0.1) is 0 Å². The summed E-state index contributed by atoms with van der Waals surface area (Å²) in [5.41, 5.74) is 0. The van der Waals surface area contributed by atoms with E-state index in [1.807, 2.05) is 11.8 Å². The maximum atomic E-state index is 4.66. The van der Waals surface area contributed by atoms with E-state index in [0.29, 0.717) is 6.04 Å². The number of aliphatic imine (C=N–C) groups is 1. The van der Waals surface area contributed by atoms with Crippen LogP contribution >= 0.6 is 11.8 Å². The Morgan fingerprint density at radius 2 is 2.29 bits per heavy atom. The zero-order valence-electron chi connectivity index (χ0n) is 9.12. The fourth-order valence-corrected chi connectivity index (χ4v) is 3.23. The molecule has 0 aromatic carbocycles. The van der Waals surface area contributed by atoms with Crippen LogP contribution in [-0.4, -0.2) is 23.5 Å². The Hall–Kier alpha value is -0.180. The Balaban J connectivity index is 1.76. The molecule has 1 saturated carbocycles. The maximum Gasteiger partial charge on any atom is 0.156 e. The molecule has 1 saturated heterocycles. The lowest BCUT2D eigenvalue weighted by Gasteiger charge is -2.06. The second-order valence-corrected chi connectivity index (χ2v) is 5.80. The highest BCUT2D eigenvalue weighted by Crippen LogP contribution is 2.30. The molecule has 1 aliphatic heterocycles. The van der Waals surface area contributed by atoms with Gasteiger partial charge < -0.3 is 5.32 Å². The first-order valence-corrected chi connectivity index (χ1v) is 6.66. The van der Waals surface area contributed by atoms with Gasteiger partial charge in [-0.05, 0) is 31.6 Å². The van der Waals surface area contributed by atoms with Crippen LogP contribution < -0.4 is 5.32 Å². The summed E-state index contributed by atoms with van der Waals surface area (Å²) < 4.78 is 0. The van der Waals surface area contributed by atoms with Crippen LogP contribution in [0.25, 0.3) is 0 Å². The molecule has 1 heterocycles. The lowest BCUT2D eigenvalue weighted by molar-refractivity contribution is 0.526. The van der Waals surface area contributed by atoms with Crippen molar-refractivity contribution in [3.05, 3.63) is 0 Å². The average Bonchev–Trinajstić information content (AvgIpc) is 2.72. The normalized spacial score (nSPS) is 40.4. The molecule has 2 rings (SSSR count). The van der Waals surface area contributed by atoms with Crippen LogP contribution in [0.15, 0.2) is 4.99 Å². The van der Waals surface area contributed by atoms with Crippen molar-refractivity contribution in [1.82, 2.24) is 5.32 Å². The van der Waals surface area contributed by atoms with Crippen molar-refractivity contribution in [2.24, 2.45) is 16.8 Å². The van der Waals surface area contributed by atoms with Gasteiger partial charge in [0.05, 0.1) is 0 Å². The van der Waals surface area contributed by atoms with Gasteiger partial charge in [-0.1, -0.05) is 25.1 Å². The van der Waals surface area contributed by atoms with Crippen molar-refractivity contribution in [3.8, 4) is 0 Å². The van der Waals surface area contributed by atoms with Crippen molar-refractivity contribution in [2.75, 3.05) is 12.3 Å². The fraction of sp³-hybridized carbons (Fsp3) is 0.909. The summed E-state index contributed by atoms with van der Waals surface area (Å²) in [6, 6.07) is 0.612. The van der Waals surface area contributed by atoms with Crippen molar-refractivity contribution >= 4 is 16.9 Å². The van der Waals surface area contributed by atoms with E-state index in [-0.39, 0.29) is 0 Å². The highest BCUT2D eigenvalue weighted by Gasteiger charge is 2.21. The monoisotopic (exact) mass is 212 g/mol. The van der Waals surface area contributed by atoms with Gasteiger partial charge in [-0.25, -0.2) is 0 Å². The molecule has 80 valence electrons. The molecule has 0 aromatic rings. The van der Waals surface area contributed by atoms with Gasteiger partial charge in [-0.2, -0.15) is 0 Å². The zero-order chi connectivity index (χ0) is 9.97. The molecule has 1 aliphatic carbocycles. The number of hydrogen-bond acceptors (Lipinski definition) is 2. The summed E-state index contributed by atoms with van der Waals surface area (Å²) in [4.78, 5) is 4.66. The summed E-state index contributed by atoms with van der Waals surface area (Å²) in [6.45, 7) is 5.62. The van der Waals surface area contributed by atoms with Crippen LogP contribution in [0, 0.1) is 11.8 Å². The van der Waals surface area contributed by atoms with E-state index in [2.05, 4.69) is 24.2 Å². The van der Waals surface area contributed by atoms with E-state index in [0.717, 1.165) is 18.4 Å². The molecule has 14 heavy (non-hydrogen) atoms. The standard InChI is InChI=1S/C11H20N2S/c1-8-3-4-10(5-8)6-12-11-13-9(2)7-14-11/h8-10H,3-7H2,1-2H3,(H,12,13). The number of amidine groups is 1. The minimum atomic E-state index is 0.612.